The number of hydrogen-bond donors (Lipinski definition) is 1. The molecule has 0 amide bonds. The molecular weight excluding hydrogens is 352 g/mol. The van der Waals surface area contributed by atoms with E-state index in [1.165, 1.54) is 4.31 Å². The summed E-state index contributed by atoms with van der Waals surface area (Å²) in [7, 11) is -3.59. The fourth-order valence-electron chi connectivity index (χ4n) is 2.01. The maximum absolute atomic E-state index is 12.8. The van der Waals surface area contributed by atoms with Crippen molar-refractivity contribution in [3.63, 3.8) is 0 Å². The third kappa shape index (κ3) is 3.91. The average Bonchev–Trinajstić information content (AvgIpc) is 2.48. The van der Waals surface area contributed by atoms with Gasteiger partial charge in [0.2, 0.25) is 10.0 Å². The standard InChI is InChI=1S/C15H17BrN2O2S/c16-14-8-4-5-9-15(14)21(19,20)18(11-10-17)12-13-6-2-1-3-7-13/h1-9H,10-12,17H2. The van der Waals surface area contributed by atoms with Crippen LogP contribution in [0.2, 0.25) is 0 Å². The summed E-state index contributed by atoms with van der Waals surface area (Å²) >= 11 is 3.30. The van der Waals surface area contributed by atoms with E-state index in [1.807, 2.05) is 30.3 Å². The summed E-state index contributed by atoms with van der Waals surface area (Å²) in [6, 6.07) is 16.3. The largest absolute Gasteiger partial charge is 0.329 e. The number of nitrogens with two attached hydrogens (primary N) is 1. The van der Waals surface area contributed by atoms with Crippen molar-refractivity contribution >= 4 is 26.0 Å². The molecule has 0 fully saturated rings. The molecule has 112 valence electrons. The number of rotatable bonds is 6. The highest BCUT2D eigenvalue weighted by molar-refractivity contribution is 9.10. The minimum absolute atomic E-state index is 0.259. The zero-order chi connectivity index (χ0) is 15.3. The van der Waals surface area contributed by atoms with E-state index in [1.54, 1.807) is 24.3 Å². The first-order chi connectivity index (χ1) is 10.1. The number of halogens is 1. The number of nitrogens with zero attached hydrogens (tertiary/aromatic N) is 1. The normalized spacial score (nSPS) is 11.8. The van der Waals surface area contributed by atoms with E-state index in [0.29, 0.717) is 11.0 Å². The van der Waals surface area contributed by atoms with Crippen LogP contribution in [0, 0.1) is 0 Å². The zero-order valence-corrected chi connectivity index (χ0v) is 13.8. The van der Waals surface area contributed by atoms with Crippen molar-refractivity contribution in [2.75, 3.05) is 13.1 Å². The fraction of sp³-hybridized carbons (Fsp3) is 0.200. The summed E-state index contributed by atoms with van der Waals surface area (Å²) in [5, 5.41) is 0. The van der Waals surface area contributed by atoms with Gasteiger partial charge in [-0.3, -0.25) is 0 Å². The molecule has 0 aliphatic carbocycles. The molecule has 4 nitrogen and oxygen atoms in total. The van der Waals surface area contributed by atoms with Gasteiger partial charge in [0, 0.05) is 24.1 Å². The molecular formula is C15H17BrN2O2S. The van der Waals surface area contributed by atoms with E-state index in [2.05, 4.69) is 15.9 Å². The topological polar surface area (TPSA) is 63.4 Å². The highest BCUT2D eigenvalue weighted by Gasteiger charge is 2.25. The van der Waals surface area contributed by atoms with E-state index in [4.69, 9.17) is 5.73 Å². The van der Waals surface area contributed by atoms with E-state index in [-0.39, 0.29) is 18.0 Å². The lowest BCUT2D eigenvalue weighted by Gasteiger charge is -2.22. The average molecular weight is 369 g/mol. The number of hydrogen-bond acceptors (Lipinski definition) is 3. The van der Waals surface area contributed by atoms with Gasteiger partial charge < -0.3 is 5.73 Å². The molecule has 2 aromatic rings. The summed E-state index contributed by atoms with van der Waals surface area (Å²) in [5.74, 6) is 0. The third-order valence-electron chi connectivity index (χ3n) is 3.03. The number of benzene rings is 2. The van der Waals surface area contributed by atoms with Crippen molar-refractivity contribution in [3.8, 4) is 0 Å². The van der Waals surface area contributed by atoms with Crippen LogP contribution in [0.5, 0.6) is 0 Å². The van der Waals surface area contributed by atoms with E-state index >= 15 is 0 Å². The molecule has 0 aliphatic heterocycles. The van der Waals surface area contributed by atoms with Gasteiger partial charge in [-0.15, -0.1) is 0 Å². The molecule has 2 rings (SSSR count). The Morgan fingerprint density at radius 1 is 1.00 bits per heavy atom. The second-order valence-corrected chi connectivity index (χ2v) is 7.30. The maximum atomic E-state index is 12.8. The van der Waals surface area contributed by atoms with Gasteiger partial charge in [0.25, 0.3) is 0 Å². The van der Waals surface area contributed by atoms with Crippen molar-refractivity contribution in [2.45, 2.75) is 11.4 Å². The van der Waals surface area contributed by atoms with Crippen LogP contribution in [0.4, 0.5) is 0 Å². The van der Waals surface area contributed by atoms with Gasteiger partial charge in [0.05, 0.1) is 4.90 Å². The van der Waals surface area contributed by atoms with Crippen molar-refractivity contribution < 1.29 is 8.42 Å². The van der Waals surface area contributed by atoms with Crippen LogP contribution in [-0.4, -0.2) is 25.8 Å². The van der Waals surface area contributed by atoms with Crippen LogP contribution in [0.25, 0.3) is 0 Å². The molecule has 0 aliphatic rings. The van der Waals surface area contributed by atoms with Crippen LogP contribution < -0.4 is 5.73 Å². The molecule has 0 atom stereocenters. The molecule has 2 aromatic carbocycles. The van der Waals surface area contributed by atoms with Crippen LogP contribution in [-0.2, 0) is 16.6 Å². The molecule has 0 saturated carbocycles. The number of sulfonamides is 1. The lowest BCUT2D eigenvalue weighted by Crippen LogP contribution is -2.35. The van der Waals surface area contributed by atoms with E-state index in [0.717, 1.165) is 5.56 Å². The van der Waals surface area contributed by atoms with Crippen LogP contribution in [0.15, 0.2) is 64.0 Å². The minimum Gasteiger partial charge on any atom is -0.329 e. The summed E-state index contributed by atoms with van der Waals surface area (Å²) in [5.41, 5.74) is 6.51. The Morgan fingerprint density at radius 2 is 1.62 bits per heavy atom. The quantitative estimate of drug-likeness (QED) is 0.852. The second kappa shape index (κ2) is 7.17. The summed E-state index contributed by atoms with van der Waals surface area (Å²) in [6.07, 6.45) is 0. The van der Waals surface area contributed by atoms with Gasteiger partial charge in [-0.05, 0) is 33.6 Å². The molecule has 2 N–H and O–H groups in total. The van der Waals surface area contributed by atoms with Crippen molar-refractivity contribution in [1.82, 2.24) is 4.31 Å². The lowest BCUT2D eigenvalue weighted by molar-refractivity contribution is 0.413. The Kier molecular flexibility index (Phi) is 5.52. The zero-order valence-electron chi connectivity index (χ0n) is 11.4. The Bertz CT molecular complexity index is 690. The Morgan fingerprint density at radius 3 is 2.24 bits per heavy atom. The molecule has 0 radical (unpaired) electrons. The van der Waals surface area contributed by atoms with Crippen molar-refractivity contribution in [1.29, 1.82) is 0 Å². The molecule has 0 saturated heterocycles. The minimum atomic E-state index is -3.59. The van der Waals surface area contributed by atoms with E-state index in [9.17, 15) is 8.42 Å². The first-order valence-electron chi connectivity index (χ1n) is 6.54. The van der Waals surface area contributed by atoms with E-state index < -0.39 is 10.0 Å². The first-order valence-corrected chi connectivity index (χ1v) is 8.77. The molecule has 0 heterocycles. The third-order valence-corrected chi connectivity index (χ3v) is 5.89. The predicted molar refractivity (Wildman–Crippen MR) is 87.2 cm³/mol. The fourth-order valence-corrected chi connectivity index (χ4v) is 4.41. The van der Waals surface area contributed by atoms with Gasteiger partial charge in [0.1, 0.15) is 0 Å². The van der Waals surface area contributed by atoms with Crippen LogP contribution in [0.3, 0.4) is 0 Å². The predicted octanol–water partition coefficient (Wildman–Crippen LogP) is 2.60. The molecule has 0 unspecified atom stereocenters. The molecule has 0 aromatic heterocycles. The smallest absolute Gasteiger partial charge is 0.244 e. The highest BCUT2D eigenvalue weighted by atomic mass is 79.9. The maximum Gasteiger partial charge on any atom is 0.244 e. The Balaban J connectivity index is 2.35. The monoisotopic (exact) mass is 368 g/mol. The molecule has 21 heavy (non-hydrogen) atoms. The van der Waals surface area contributed by atoms with Gasteiger partial charge in [0.15, 0.2) is 0 Å². The van der Waals surface area contributed by atoms with Crippen LogP contribution in [0.1, 0.15) is 5.56 Å². The second-order valence-electron chi connectivity index (χ2n) is 4.54. The van der Waals surface area contributed by atoms with Gasteiger partial charge >= 0.3 is 0 Å². The Labute approximate surface area is 133 Å². The molecule has 6 heteroatoms. The van der Waals surface area contributed by atoms with Gasteiger partial charge in [-0.2, -0.15) is 4.31 Å². The summed E-state index contributed by atoms with van der Waals surface area (Å²) < 4.78 is 27.5. The van der Waals surface area contributed by atoms with Crippen LogP contribution >= 0.6 is 15.9 Å². The lowest BCUT2D eigenvalue weighted by atomic mass is 10.2. The summed E-state index contributed by atoms with van der Waals surface area (Å²) in [6.45, 7) is 0.858. The van der Waals surface area contributed by atoms with Gasteiger partial charge in [-0.1, -0.05) is 42.5 Å². The highest BCUT2D eigenvalue weighted by Crippen LogP contribution is 2.25. The molecule has 0 spiro atoms. The Hall–Kier alpha value is -1.21. The SMILES string of the molecule is NCCN(Cc1ccccc1)S(=O)(=O)c1ccccc1Br. The van der Waals surface area contributed by atoms with Crippen molar-refractivity contribution in [3.05, 3.63) is 64.6 Å². The molecule has 0 bridgehead atoms. The van der Waals surface area contributed by atoms with Crippen molar-refractivity contribution in [2.24, 2.45) is 5.73 Å². The summed E-state index contributed by atoms with van der Waals surface area (Å²) in [4.78, 5) is 0.259. The first kappa shape index (κ1) is 16.2. The van der Waals surface area contributed by atoms with Gasteiger partial charge in [-0.25, -0.2) is 8.42 Å².